The third-order valence-corrected chi connectivity index (χ3v) is 5.23. The van der Waals surface area contributed by atoms with Crippen LogP contribution in [0.5, 0.6) is 0 Å². The second kappa shape index (κ2) is 7.00. The predicted octanol–water partition coefficient (Wildman–Crippen LogP) is 3.75. The van der Waals surface area contributed by atoms with Gasteiger partial charge in [0.25, 0.3) is 0 Å². The van der Waals surface area contributed by atoms with Crippen molar-refractivity contribution in [3.63, 3.8) is 0 Å². The molecule has 1 aromatic carbocycles. The number of fused-ring (bicyclic) bond motifs is 1. The van der Waals surface area contributed by atoms with Crippen molar-refractivity contribution in [2.45, 2.75) is 18.7 Å². The van der Waals surface area contributed by atoms with E-state index in [1.807, 2.05) is 19.9 Å². The maximum absolute atomic E-state index is 11.7. The maximum atomic E-state index is 11.7. The molecule has 3 aromatic rings. The lowest BCUT2D eigenvalue weighted by Crippen LogP contribution is -1.98. The molecular weight excluding hydrogens is 364 g/mol. The van der Waals surface area contributed by atoms with Crippen LogP contribution in [-0.4, -0.2) is 35.7 Å². The van der Waals surface area contributed by atoms with Gasteiger partial charge < -0.3 is 10.1 Å². The van der Waals surface area contributed by atoms with Gasteiger partial charge in [-0.2, -0.15) is 0 Å². The number of rotatable bonds is 5. The van der Waals surface area contributed by atoms with Gasteiger partial charge in [-0.25, -0.2) is 18.2 Å². The minimum absolute atomic E-state index is 0.125. The molecule has 2 aromatic heterocycles. The number of hydrogen-bond donors (Lipinski definition) is 2. The number of carbonyl (C=O) groups is 1. The average Bonchev–Trinajstić information content (AvgIpc) is 3.01. The lowest BCUT2D eigenvalue weighted by molar-refractivity contribution is 0.0696. The van der Waals surface area contributed by atoms with Crippen molar-refractivity contribution < 1.29 is 18.3 Å². The van der Waals surface area contributed by atoms with E-state index in [1.165, 1.54) is 12.5 Å². The number of aromatic carboxylic acids is 1. The number of benzene rings is 1. The molecule has 0 fully saturated rings. The molecule has 0 saturated carbocycles. The van der Waals surface area contributed by atoms with Crippen LogP contribution < -0.4 is 0 Å². The summed E-state index contributed by atoms with van der Waals surface area (Å²) < 4.78 is 23.4. The monoisotopic (exact) mass is 384 g/mol. The molecule has 27 heavy (non-hydrogen) atoms. The van der Waals surface area contributed by atoms with Crippen molar-refractivity contribution in [2.24, 2.45) is 5.92 Å². The number of pyridine rings is 1. The van der Waals surface area contributed by atoms with Crippen molar-refractivity contribution in [2.75, 3.05) is 6.26 Å². The minimum Gasteiger partial charge on any atom is -0.478 e. The van der Waals surface area contributed by atoms with E-state index in [2.05, 4.69) is 16.0 Å². The number of nitrogens with zero attached hydrogens (tertiary/aromatic N) is 1. The Morgan fingerprint density at radius 2 is 1.81 bits per heavy atom. The smallest absolute Gasteiger partial charge is 0.337 e. The number of aromatic amines is 1. The number of nitrogens with one attached hydrogen (secondary N) is 1. The molecule has 0 aliphatic heterocycles. The number of hydrogen-bond acceptors (Lipinski definition) is 4. The first-order chi connectivity index (χ1) is 12.6. The normalized spacial score (nSPS) is 12.7. The average molecular weight is 384 g/mol. The number of carboxylic acid groups (broad SMARTS) is 1. The quantitative estimate of drug-likeness (QED) is 0.698. The predicted molar refractivity (Wildman–Crippen MR) is 105 cm³/mol. The molecule has 0 aliphatic carbocycles. The fourth-order valence-electron chi connectivity index (χ4n) is 2.83. The number of allylic oxidation sites excluding steroid dienone is 1. The van der Waals surface area contributed by atoms with E-state index in [-0.39, 0.29) is 16.4 Å². The summed E-state index contributed by atoms with van der Waals surface area (Å²) in [4.78, 5) is 18.8. The highest BCUT2D eigenvalue weighted by Crippen LogP contribution is 2.28. The minimum atomic E-state index is -3.26. The highest BCUT2D eigenvalue weighted by Gasteiger charge is 2.13. The topological polar surface area (TPSA) is 100 Å². The molecule has 2 heterocycles. The highest BCUT2D eigenvalue weighted by atomic mass is 32.2. The maximum Gasteiger partial charge on any atom is 0.337 e. The molecule has 0 radical (unpaired) electrons. The van der Waals surface area contributed by atoms with E-state index in [4.69, 9.17) is 5.11 Å². The van der Waals surface area contributed by atoms with Crippen LogP contribution in [0.25, 0.3) is 16.6 Å². The summed E-state index contributed by atoms with van der Waals surface area (Å²) in [6, 6.07) is 10.1. The van der Waals surface area contributed by atoms with Crippen molar-refractivity contribution in [1.82, 2.24) is 9.97 Å². The van der Waals surface area contributed by atoms with Crippen LogP contribution in [0.3, 0.4) is 0 Å². The highest BCUT2D eigenvalue weighted by molar-refractivity contribution is 7.90. The van der Waals surface area contributed by atoms with Gasteiger partial charge in [0.05, 0.1) is 10.5 Å². The molecule has 0 amide bonds. The first kappa shape index (κ1) is 18.8. The molecule has 0 aliphatic rings. The molecule has 0 atom stereocenters. The summed E-state index contributed by atoms with van der Waals surface area (Å²) in [7, 11) is -3.26. The largest absolute Gasteiger partial charge is 0.478 e. The molecule has 7 heteroatoms. The summed E-state index contributed by atoms with van der Waals surface area (Å²) in [6.07, 6.45) is 4.56. The van der Waals surface area contributed by atoms with Gasteiger partial charge in [-0.3, -0.25) is 0 Å². The zero-order valence-electron chi connectivity index (χ0n) is 15.2. The van der Waals surface area contributed by atoms with Gasteiger partial charge in [0.15, 0.2) is 9.84 Å². The first-order valence-electron chi connectivity index (χ1n) is 8.40. The summed E-state index contributed by atoms with van der Waals surface area (Å²) >= 11 is 0. The van der Waals surface area contributed by atoms with Crippen LogP contribution in [-0.2, 0) is 9.84 Å². The standard InChI is InChI=1S/C20H20N2O4S/c1-12(2)8-17(13-4-6-16(7-5-13)27(3,25)26)18-10-14-9-15(20(23)24)11-21-19(14)22-18/h4-12H,1-3H3,(H,21,22)(H,23,24)/b17-8+. The lowest BCUT2D eigenvalue weighted by atomic mass is 9.99. The number of aromatic nitrogens is 2. The Morgan fingerprint density at radius 1 is 1.15 bits per heavy atom. The van der Waals surface area contributed by atoms with Gasteiger partial charge in [-0.15, -0.1) is 0 Å². The summed E-state index contributed by atoms with van der Waals surface area (Å²) in [5.41, 5.74) is 3.28. The van der Waals surface area contributed by atoms with Crippen molar-refractivity contribution in [3.8, 4) is 0 Å². The van der Waals surface area contributed by atoms with Crippen molar-refractivity contribution >= 4 is 32.4 Å². The molecule has 0 saturated heterocycles. The zero-order chi connectivity index (χ0) is 19.8. The van der Waals surface area contributed by atoms with Crippen LogP contribution in [0.1, 0.15) is 35.5 Å². The SMILES string of the molecule is CC(C)/C=C(\c1ccc(S(C)(=O)=O)cc1)c1cc2cc(C(=O)O)cnc2[nH]1. The Morgan fingerprint density at radius 3 is 2.37 bits per heavy atom. The Bertz CT molecular complexity index is 1140. The summed E-state index contributed by atoms with van der Waals surface area (Å²) in [5.74, 6) is -0.773. The summed E-state index contributed by atoms with van der Waals surface area (Å²) in [5, 5.41) is 9.84. The second-order valence-corrected chi connectivity index (χ2v) is 8.79. The van der Waals surface area contributed by atoms with Crippen LogP contribution in [0.4, 0.5) is 0 Å². The molecule has 2 N–H and O–H groups in total. The van der Waals surface area contributed by atoms with Crippen LogP contribution in [0.2, 0.25) is 0 Å². The van der Waals surface area contributed by atoms with E-state index in [9.17, 15) is 13.2 Å². The van der Waals surface area contributed by atoms with Gasteiger partial charge in [0.1, 0.15) is 5.65 Å². The van der Waals surface area contributed by atoms with Crippen molar-refractivity contribution in [3.05, 3.63) is 65.5 Å². The molecule has 0 bridgehead atoms. The van der Waals surface area contributed by atoms with E-state index in [1.54, 1.807) is 30.3 Å². The number of H-pyrrole nitrogens is 1. The molecule has 140 valence electrons. The fraction of sp³-hybridized carbons (Fsp3) is 0.200. The zero-order valence-corrected chi connectivity index (χ0v) is 16.0. The third kappa shape index (κ3) is 4.09. The molecular formula is C20H20N2O4S. The third-order valence-electron chi connectivity index (χ3n) is 4.10. The van der Waals surface area contributed by atoms with E-state index in [0.29, 0.717) is 11.0 Å². The molecule has 0 unspecified atom stereocenters. The fourth-order valence-corrected chi connectivity index (χ4v) is 3.46. The Balaban J connectivity index is 2.11. The van der Waals surface area contributed by atoms with Gasteiger partial charge in [0.2, 0.25) is 0 Å². The molecule has 6 nitrogen and oxygen atoms in total. The Kier molecular flexibility index (Phi) is 4.89. The molecule has 0 spiro atoms. The van der Waals surface area contributed by atoms with Crippen LogP contribution in [0, 0.1) is 5.92 Å². The van der Waals surface area contributed by atoms with Gasteiger partial charge >= 0.3 is 5.97 Å². The summed E-state index contributed by atoms with van der Waals surface area (Å²) in [6.45, 7) is 4.10. The Hall–Kier alpha value is -2.93. The van der Waals surface area contributed by atoms with E-state index < -0.39 is 15.8 Å². The van der Waals surface area contributed by atoms with Crippen LogP contribution >= 0.6 is 0 Å². The lowest BCUT2D eigenvalue weighted by Gasteiger charge is -2.09. The number of sulfone groups is 1. The van der Waals surface area contributed by atoms with Gasteiger partial charge in [-0.1, -0.05) is 32.1 Å². The second-order valence-electron chi connectivity index (χ2n) is 6.77. The van der Waals surface area contributed by atoms with Gasteiger partial charge in [-0.05, 0) is 35.7 Å². The number of carboxylic acids is 1. The Labute approximate surface area is 157 Å². The molecule has 3 rings (SSSR count). The van der Waals surface area contributed by atoms with Crippen molar-refractivity contribution in [1.29, 1.82) is 0 Å². The van der Waals surface area contributed by atoms with Crippen LogP contribution in [0.15, 0.2) is 53.6 Å². The van der Waals surface area contributed by atoms with Gasteiger partial charge in [0, 0.05) is 29.1 Å². The van der Waals surface area contributed by atoms with E-state index in [0.717, 1.165) is 16.8 Å². The first-order valence-corrected chi connectivity index (χ1v) is 10.3. The van der Waals surface area contributed by atoms with E-state index >= 15 is 0 Å².